The Morgan fingerprint density at radius 1 is 1.13 bits per heavy atom. The molecule has 1 aromatic carbocycles. The zero-order valence-electron chi connectivity index (χ0n) is 17.8. The van der Waals surface area contributed by atoms with Crippen molar-refractivity contribution in [3.63, 3.8) is 0 Å². The van der Waals surface area contributed by atoms with Crippen molar-refractivity contribution in [2.45, 2.75) is 88.8 Å². The van der Waals surface area contributed by atoms with E-state index < -0.39 is 5.82 Å². The summed E-state index contributed by atoms with van der Waals surface area (Å²) in [6.07, 6.45) is 12.7. The van der Waals surface area contributed by atoms with Crippen molar-refractivity contribution in [1.29, 1.82) is 0 Å². The van der Waals surface area contributed by atoms with Crippen LogP contribution in [0.25, 0.3) is 0 Å². The molecule has 1 amide bonds. The number of aliphatic imine (C=N–C) groups is 1. The van der Waals surface area contributed by atoms with Crippen LogP contribution >= 0.6 is 35.8 Å². The maximum atomic E-state index is 14.0. The number of carbonyl (C=O) groups excluding carboxylic acids is 1. The Bertz CT molecular complexity index is 782. The molecule has 1 heterocycles. The fourth-order valence-electron chi connectivity index (χ4n) is 4.93. The molecule has 0 bridgehead atoms. The number of nitrogens with one attached hydrogen (secondary N) is 1. The highest BCUT2D eigenvalue weighted by molar-refractivity contribution is 8.14. The topological polar surface area (TPSA) is 44.7 Å². The van der Waals surface area contributed by atoms with Gasteiger partial charge in [-0.15, -0.1) is 12.4 Å². The van der Waals surface area contributed by atoms with E-state index in [1.807, 2.05) is 0 Å². The monoisotopic (exact) mass is 487 g/mol. The van der Waals surface area contributed by atoms with Crippen molar-refractivity contribution in [2.24, 2.45) is 4.99 Å². The van der Waals surface area contributed by atoms with Crippen molar-refractivity contribution < 1.29 is 9.18 Å². The molecule has 3 fully saturated rings. The lowest BCUT2D eigenvalue weighted by Gasteiger charge is -2.37. The summed E-state index contributed by atoms with van der Waals surface area (Å²) in [5.41, 5.74) is 0.151. The molecule has 0 radical (unpaired) electrons. The molecular weight excluding hydrogens is 456 g/mol. The number of nitrogens with zero attached hydrogens (tertiary/aromatic N) is 2. The van der Waals surface area contributed by atoms with Gasteiger partial charge in [-0.2, -0.15) is 0 Å². The first-order valence-corrected chi connectivity index (χ1v) is 12.7. The van der Waals surface area contributed by atoms with Crippen LogP contribution in [0.15, 0.2) is 23.2 Å². The highest BCUT2D eigenvalue weighted by Gasteiger charge is 2.37. The lowest BCUT2D eigenvalue weighted by molar-refractivity contribution is -0.117. The van der Waals surface area contributed by atoms with E-state index in [4.69, 9.17) is 16.6 Å². The van der Waals surface area contributed by atoms with E-state index in [2.05, 4.69) is 10.2 Å². The van der Waals surface area contributed by atoms with Crippen LogP contribution in [0.4, 0.5) is 10.1 Å². The van der Waals surface area contributed by atoms with Crippen molar-refractivity contribution in [3.8, 4) is 0 Å². The fourth-order valence-corrected chi connectivity index (χ4v) is 6.39. The SMILES string of the molecule is Cl.O=C(CC1CS/C(=N\C2CCCCC2)N1C1CCCCC1)Nc1cc(Cl)ccc1F. The average Bonchev–Trinajstić information content (AvgIpc) is 3.14. The predicted octanol–water partition coefficient (Wildman–Crippen LogP) is 6.67. The number of rotatable bonds is 5. The van der Waals surface area contributed by atoms with Crippen LogP contribution in [0.5, 0.6) is 0 Å². The van der Waals surface area contributed by atoms with Gasteiger partial charge >= 0.3 is 0 Å². The van der Waals surface area contributed by atoms with Crippen LogP contribution in [0.2, 0.25) is 5.02 Å². The van der Waals surface area contributed by atoms with Crippen molar-refractivity contribution in [3.05, 3.63) is 29.0 Å². The summed E-state index contributed by atoms with van der Waals surface area (Å²) < 4.78 is 14.0. The zero-order chi connectivity index (χ0) is 20.9. The van der Waals surface area contributed by atoms with E-state index in [0.29, 0.717) is 23.5 Å². The second-order valence-electron chi connectivity index (χ2n) is 8.74. The van der Waals surface area contributed by atoms with Crippen LogP contribution in [0, 0.1) is 5.82 Å². The van der Waals surface area contributed by atoms with Gasteiger partial charge in [0.05, 0.1) is 11.7 Å². The number of carbonyl (C=O) groups is 1. The summed E-state index contributed by atoms with van der Waals surface area (Å²) in [5, 5.41) is 4.27. The van der Waals surface area contributed by atoms with Crippen molar-refractivity contribution >= 4 is 52.5 Å². The standard InChI is InChI=1S/C23H31ClFN3OS.ClH/c24-16-11-12-20(25)21(13-16)27-22(29)14-19-15-30-23(26-17-7-3-1-4-8-17)28(19)18-9-5-2-6-10-18;/h11-13,17-19H,1-10,14-15H2,(H,27,29);1H/b26-23-;. The molecule has 31 heavy (non-hydrogen) atoms. The largest absolute Gasteiger partial charge is 0.344 e. The smallest absolute Gasteiger partial charge is 0.226 e. The molecule has 4 rings (SSSR count). The number of hydrogen-bond donors (Lipinski definition) is 1. The Balaban J connectivity index is 0.00000272. The van der Waals surface area contributed by atoms with Gasteiger partial charge < -0.3 is 10.2 Å². The predicted molar refractivity (Wildman–Crippen MR) is 131 cm³/mol. The number of anilines is 1. The van der Waals surface area contributed by atoms with Gasteiger partial charge in [-0.3, -0.25) is 9.79 Å². The van der Waals surface area contributed by atoms with Gasteiger partial charge in [-0.05, 0) is 43.9 Å². The molecule has 1 aromatic rings. The van der Waals surface area contributed by atoms with Gasteiger partial charge in [0.15, 0.2) is 5.17 Å². The molecule has 1 unspecified atom stereocenters. The molecule has 2 saturated carbocycles. The summed E-state index contributed by atoms with van der Waals surface area (Å²) in [7, 11) is 0. The molecule has 1 saturated heterocycles. The molecule has 1 atom stereocenters. The normalized spacial score (nSPS) is 24.3. The fraction of sp³-hybridized carbons (Fsp3) is 0.652. The van der Waals surface area contributed by atoms with Crippen LogP contribution in [-0.4, -0.2) is 39.9 Å². The Morgan fingerprint density at radius 3 is 2.52 bits per heavy atom. The number of halogens is 3. The van der Waals surface area contributed by atoms with E-state index in [1.165, 1.54) is 82.4 Å². The Hall–Kier alpha value is -0.980. The first-order chi connectivity index (χ1) is 14.6. The van der Waals surface area contributed by atoms with Crippen LogP contribution < -0.4 is 5.32 Å². The van der Waals surface area contributed by atoms with Gasteiger partial charge in [-0.25, -0.2) is 4.39 Å². The second kappa shape index (κ2) is 11.8. The zero-order valence-corrected chi connectivity index (χ0v) is 20.2. The van der Waals surface area contributed by atoms with Gasteiger partial charge in [0.2, 0.25) is 5.91 Å². The third kappa shape index (κ3) is 6.52. The third-order valence-corrected chi connectivity index (χ3v) is 7.84. The summed E-state index contributed by atoms with van der Waals surface area (Å²) in [6, 6.07) is 5.25. The molecule has 4 nitrogen and oxygen atoms in total. The number of hydrogen-bond acceptors (Lipinski definition) is 3. The lowest BCUT2D eigenvalue weighted by atomic mass is 9.93. The summed E-state index contributed by atoms with van der Waals surface area (Å²) in [5.74, 6) is 0.242. The van der Waals surface area contributed by atoms with E-state index in [0.717, 1.165) is 10.9 Å². The van der Waals surface area contributed by atoms with Gasteiger partial charge in [0.1, 0.15) is 5.82 Å². The highest BCUT2D eigenvalue weighted by Crippen LogP contribution is 2.35. The quantitative estimate of drug-likeness (QED) is 0.504. The molecule has 0 spiro atoms. The van der Waals surface area contributed by atoms with Crippen molar-refractivity contribution in [2.75, 3.05) is 11.1 Å². The van der Waals surface area contributed by atoms with Gasteiger partial charge in [0, 0.05) is 29.3 Å². The minimum absolute atomic E-state index is 0. The van der Waals surface area contributed by atoms with Gasteiger partial charge in [-0.1, -0.05) is 61.9 Å². The number of amides is 1. The lowest BCUT2D eigenvalue weighted by Crippen LogP contribution is -2.45. The summed E-state index contributed by atoms with van der Waals surface area (Å²) in [4.78, 5) is 20.4. The molecule has 1 aliphatic heterocycles. The number of benzene rings is 1. The minimum atomic E-state index is -0.461. The molecule has 3 aliphatic rings. The number of amidine groups is 1. The third-order valence-electron chi connectivity index (χ3n) is 6.48. The van der Waals surface area contributed by atoms with Crippen LogP contribution in [0.1, 0.15) is 70.6 Å². The second-order valence-corrected chi connectivity index (χ2v) is 10.2. The Kier molecular flexibility index (Phi) is 9.35. The molecule has 172 valence electrons. The minimum Gasteiger partial charge on any atom is -0.344 e. The molecule has 1 N–H and O–H groups in total. The summed E-state index contributed by atoms with van der Waals surface area (Å²) >= 11 is 7.76. The number of thioether (sulfide) groups is 1. The molecule has 0 aromatic heterocycles. The molecule has 8 heteroatoms. The first-order valence-electron chi connectivity index (χ1n) is 11.3. The van der Waals surface area contributed by atoms with E-state index in [9.17, 15) is 9.18 Å². The Labute approximate surface area is 200 Å². The maximum Gasteiger partial charge on any atom is 0.226 e. The summed E-state index contributed by atoms with van der Waals surface area (Å²) in [6.45, 7) is 0. The Morgan fingerprint density at radius 2 is 1.81 bits per heavy atom. The van der Waals surface area contributed by atoms with Crippen molar-refractivity contribution in [1.82, 2.24) is 4.90 Å². The van der Waals surface area contributed by atoms with Gasteiger partial charge in [0.25, 0.3) is 0 Å². The van der Waals surface area contributed by atoms with Crippen LogP contribution in [0.3, 0.4) is 0 Å². The highest BCUT2D eigenvalue weighted by atomic mass is 35.5. The first kappa shape index (κ1) is 24.7. The van der Waals surface area contributed by atoms with Crippen LogP contribution in [-0.2, 0) is 4.79 Å². The molecule has 2 aliphatic carbocycles. The maximum absolute atomic E-state index is 14.0. The van der Waals surface area contributed by atoms with E-state index >= 15 is 0 Å². The van der Waals surface area contributed by atoms with E-state index in [-0.39, 0.29) is 30.0 Å². The van der Waals surface area contributed by atoms with E-state index in [1.54, 1.807) is 11.8 Å². The molecular formula is C23H32Cl2FN3OS. The average molecular weight is 489 g/mol.